The standard InChI is InChI=1S/C20H19N3O2.C10H13N5O4/c24-20(23-25)12-9-15-5-7-16(8-6-15)13-21-14-18-11-10-17-3-1-2-4-19(17)22-18;1-5-3-15(10(18)12-9(5)17)8-2-6(13-14-11)7(4-16)19-8/h1-12,21,25H,13-14H2,(H,23,24);3,6-8,16H,2,4H2,1H3,(H,12,17,18)/b12-9+;/t;6-,7+,8+/m.0/s1. The highest BCUT2D eigenvalue weighted by Crippen LogP contribution is 2.29. The van der Waals surface area contributed by atoms with Crippen LogP contribution in [0, 0.1) is 6.92 Å². The van der Waals surface area contributed by atoms with E-state index in [9.17, 15) is 14.4 Å². The number of aryl methyl sites for hydroxylation is 1. The van der Waals surface area contributed by atoms with E-state index in [-0.39, 0.29) is 13.0 Å². The number of nitrogens with zero attached hydrogens (tertiary/aromatic N) is 5. The van der Waals surface area contributed by atoms with Crippen LogP contribution < -0.4 is 22.0 Å². The molecule has 0 radical (unpaired) electrons. The van der Waals surface area contributed by atoms with Gasteiger partial charge in [0.1, 0.15) is 6.23 Å². The molecule has 1 aliphatic heterocycles. The highest BCUT2D eigenvalue weighted by Gasteiger charge is 2.35. The average molecular weight is 601 g/mol. The van der Waals surface area contributed by atoms with Crippen LogP contribution in [0.5, 0.6) is 0 Å². The number of azide groups is 1. The van der Waals surface area contributed by atoms with Crippen molar-refractivity contribution in [3.63, 3.8) is 0 Å². The summed E-state index contributed by atoms with van der Waals surface area (Å²) < 4.78 is 6.69. The molecule has 2 aromatic carbocycles. The molecule has 1 fully saturated rings. The number of nitrogens with one attached hydrogen (secondary N) is 3. The molecule has 0 saturated carbocycles. The summed E-state index contributed by atoms with van der Waals surface area (Å²) in [6, 6.07) is 19.5. The number of rotatable bonds is 9. The third-order valence-corrected chi connectivity index (χ3v) is 6.85. The Morgan fingerprint density at radius 3 is 2.68 bits per heavy atom. The zero-order valence-electron chi connectivity index (χ0n) is 23.8. The van der Waals surface area contributed by atoms with E-state index >= 15 is 0 Å². The molecule has 1 amide bonds. The number of hydrogen-bond donors (Lipinski definition) is 5. The van der Waals surface area contributed by atoms with Crippen LogP contribution >= 0.6 is 0 Å². The number of aromatic amines is 1. The number of H-pyrrole nitrogens is 1. The molecule has 4 aromatic rings. The summed E-state index contributed by atoms with van der Waals surface area (Å²) in [5.74, 6) is -0.548. The maximum Gasteiger partial charge on any atom is 0.330 e. The van der Waals surface area contributed by atoms with Crippen molar-refractivity contribution >= 4 is 22.9 Å². The van der Waals surface area contributed by atoms with E-state index in [0.29, 0.717) is 12.1 Å². The zero-order valence-corrected chi connectivity index (χ0v) is 23.8. The molecule has 44 heavy (non-hydrogen) atoms. The van der Waals surface area contributed by atoms with Crippen LogP contribution in [0.2, 0.25) is 0 Å². The largest absolute Gasteiger partial charge is 0.394 e. The number of carbonyl (C=O) groups excluding carboxylic acids is 1. The van der Waals surface area contributed by atoms with Crippen LogP contribution in [0.15, 0.2) is 87.6 Å². The van der Waals surface area contributed by atoms with E-state index in [1.807, 2.05) is 48.5 Å². The average Bonchev–Trinajstić information content (AvgIpc) is 3.45. The number of aromatic nitrogens is 3. The van der Waals surface area contributed by atoms with Gasteiger partial charge in [0.05, 0.1) is 30.0 Å². The first-order valence-electron chi connectivity index (χ1n) is 13.7. The van der Waals surface area contributed by atoms with Crippen LogP contribution in [0.25, 0.3) is 27.4 Å². The molecule has 228 valence electrons. The van der Waals surface area contributed by atoms with Gasteiger partial charge in [-0.25, -0.2) is 10.3 Å². The summed E-state index contributed by atoms with van der Waals surface area (Å²) in [5, 5.41) is 25.6. The van der Waals surface area contributed by atoms with E-state index in [0.717, 1.165) is 34.3 Å². The Bertz CT molecular complexity index is 1780. The minimum absolute atomic E-state index is 0.265. The van der Waals surface area contributed by atoms with E-state index in [1.165, 1.54) is 16.8 Å². The summed E-state index contributed by atoms with van der Waals surface area (Å²) in [6.07, 6.45) is 3.25. The number of para-hydroxylation sites is 1. The van der Waals surface area contributed by atoms with Crippen molar-refractivity contribution in [1.82, 2.24) is 25.3 Å². The van der Waals surface area contributed by atoms with Crippen LogP contribution in [0.4, 0.5) is 0 Å². The van der Waals surface area contributed by atoms with Crippen molar-refractivity contribution in [1.29, 1.82) is 0 Å². The highest BCUT2D eigenvalue weighted by molar-refractivity contribution is 5.90. The van der Waals surface area contributed by atoms with Crippen LogP contribution in [0.3, 0.4) is 0 Å². The first-order valence-corrected chi connectivity index (χ1v) is 13.7. The molecule has 0 bridgehead atoms. The molecule has 1 saturated heterocycles. The van der Waals surface area contributed by atoms with Gasteiger partial charge in [0.2, 0.25) is 0 Å². The number of fused-ring (bicyclic) bond motifs is 1. The second-order valence-electron chi connectivity index (χ2n) is 9.95. The fourth-order valence-electron chi connectivity index (χ4n) is 4.54. The Labute approximate surface area is 251 Å². The summed E-state index contributed by atoms with van der Waals surface area (Å²) >= 11 is 0. The monoisotopic (exact) mass is 600 g/mol. The smallest absolute Gasteiger partial charge is 0.330 e. The van der Waals surface area contributed by atoms with Gasteiger partial charge >= 0.3 is 5.69 Å². The Balaban J connectivity index is 0.000000209. The second kappa shape index (κ2) is 15.4. The van der Waals surface area contributed by atoms with Gasteiger partial charge in [0, 0.05) is 47.6 Å². The summed E-state index contributed by atoms with van der Waals surface area (Å²) in [5.41, 5.74) is 13.4. The molecular formula is C30H32N8O6. The van der Waals surface area contributed by atoms with Crippen molar-refractivity contribution in [2.45, 2.75) is 44.8 Å². The number of pyridine rings is 1. The van der Waals surface area contributed by atoms with E-state index in [4.69, 9.17) is 20.6 Å². The lowest BCUT2D eigenvalue weighted by atomic mass is 10.1. The topological polar surface area (TPSA) is 207 Å². The van der Waals surface area contributed by atoms with Gasteiger partial charge < -0.3 is 15.2 Å². The molecule has 1 aliphatic rings. The number of benzene rings is 2. The molecule has 0 spiro atoms. The molecule has 0 aliphatic carbocycles. The summed E-state index contributed by atoms with van der Waals surface area (Å²) in [6.45, 7) is 2.69. The van der Waals surface area contributed by atoms with Gasteiger partial charge in [-0.3, -0.25) is 29.3 Å². The quantitative estimate of drug-likeness (QED) is 0.0481. The lowest BCUT2D eigenvalue weighted by Crippen LogP contribution is -2.33. The third kappa shape index (κ3) is 8.47. The minimum atomic E-state index is -0.671. The number of amides is 1. The van der Waals surface area contributed by atoms with Gasteiger partial charge in [0.15, 0.2) is 0 Å². The molecule has 3 atom stereocenters. The number of carbonyl (C=O) groups is 1. The molecule has 2 aromatic heterocycles. The third-order valence-electron chi connectivity index (χ3n) is 6.85. The molecule has 14 heteroatoms. The lowest BCUT2D eigenvalue weighted by molar-refractivity contribution is -0.124. The Kier molecular flexibility index (Phi) is 11.1. The molecule has 3 heterocycles. The van der Waals surface area contributed by atoms with E-state index in [1.54, 1.807) is 18.5 Å². The van der Waals surface area contributed by atoms with E-state index in [2.05, 4.69) is 37.4 Å². The van der Waals surface area contributed by atoms with Gasteiger partial charge in [0.25, 0.3) is 11.5 Å². The van der Waals surface area contributed by atoms with Gasteiger partial charge in [-0.1, -0.05) is 53.6 Å². The number of ether oxygens (including phenoxy) is 1. The predicted octanol–water partition coefficient (Wildman–Crippen LogP) is 2.85. The fraction of sp³-hybridized carbons (Fsp3) is 0.267. The van der Waals surface area contributed by atoms with Gasteiger partial charge in [-0.05, 0) is 41.8 Å². The Hall–Kier alpha value is -5.11. The summed E-state index contributed by atoms with van der Waals surface area (Å²) in [7, 11) is 0. The first-order chi connectivity index (χ1) is 21.3. The molecular weight excluding hydrogens is 568 g/mol. The fourth-order valence-corrected chi connectivity index (χ4v) is 4.54. The van der Waals surface area contributed by atoms with Crippen molar-refractivity contribution in [2.24, 2.45) is 5.11 Å². The van der Waals surface area contributed by atoms with Crippen LogP contribution in [0.1, 0.15) is 35.0 Å². The number of hydroxylamine groups is 1. The maximum atomic E-state index is 11.7. The Morgan fingerprint density at radius 2 is 1.95 bits per heavy atom. The molecule has 5 rings (SSSR count). The first kappa shape index (κ1) is 31.8. The van der Waals surface area contributed by atoms with Crippen molar-refractivity contribution in [3.05, 3.63) is 127 Å². The van der Waals surface area contributed by atoms with Crippen LogP contribution in [-0.4, -0.2) is 49.5 Å². The lowest BCUT2D eigenvalue weighted by Gasteiger charge is -2.14. The number of aliphatic hydroxyl groups is 1. The maximum absolute atomic E-state index is 11.7. The Morgan fingerprint density at radius 1 is 1.18 bits per heavy atom. The normalized spacial score (nSPS) is 17.6. The molecule has 5 N–H and O–H groups in total. The van der Waals surface area contributed by atoms with Crippen molar-refractivity contribution < 1.29 is 19.8 Å². The van der Waals surface area contributed by atoms with Gasteiger partial charge in [-0.15, -0.1) is 0 Å². The summed E-state index contributed by atoms with van der Waals surface area (Å²) in [4.78, 5) is 43.4. The highest BCUT2D eigenvalue weighted by atomic mass is 16.5. The van der Waals surface area contributed by atoms with Gasteiger partial charge in [-0.2, -0.15) is 0 Å². The predicted molar refractivity (Wildman–Crippen MR) is 162 cm³/mol. The minimum Gasteiger partial charge on any atom is -0.394 e. The number of aliphatic hydroxyl groups excluding tert-OH is 1. The number of hydrogen-bond acceptors (Lipinski definition) is 9. The second-order valence-corrected chi connectivity index (χ2v) is 9.95. The van der Waals surface area contributed by atoms with Crippen molar-refractivity contribution in [2.75, 3.05) is 6.61 Å². The van der Waals surface area contributed by atoms with Crippen molar-refractivity contribution in [3.8, 4) is 0 Å². The molecule has 14 nitrogen and oxygen atoms in total. The molecule has 0 unspecified atom stereocenters. The SMILES string of the molecule is Cc1cn([C@H]2C[C@H](N=[N+]=[N-])[C@@H](CO)O2)c(=O)[nH]c1=O.O=C(/C=C/c1ccc(CNCc2ccc3ccccc3n2)cc1)NO. The van der Waals surface area contributed by atoms with Crippen LogP contribution in [-0.2, 0) is 22.6 Å². The zero-order chi connectivity index (χ0) is 31.5. The van der Waals surface area contributed by atoms with E-state index < -0.39 is 35.5 Å².